The molecular weight excluding hydrogens is 236 g/mol. The molecule has 17 heavy (non-hydrogen) atoms. The fourth-order valence-electron chi connectivity index (χ4n) is 2.44. The van der Waals surface area contributed by atoms with Crippen LogP contribution in [0, 0.1) is 5.92 Å². The summed E-state index contributed by atoms with van der Waals surface area (Å²) in [4.78, 5) is 2.33. The Kier molecular flexibility index (Phi) is 5.89. The summed E-state index contributed by atoms with van der Waals surface area (Å²) in [7, 11) is -0.863. The van der Waals surface area contributed by atoms with Crippen molar-refractivity contribution < 1.29 is 8.42 Å². The third-order valence-corrected chi connectivity index (χ3v) is 4.68. The van der Waals surface area contributed by atoms with Gasteiger partial charge in [-0.15, -0.1) is 0 Å². The highest BCUT2D eigenvalue weighted by Gasteiger charge is 2.26. The quantitative estimate of drug-likeness (QED) is 0.726. The molecule has 1 fully saturated rings. The normalized spacial score (nSPS) is 23.2. The molecule has 0 aromatic rings. The molecule has 0 radical (unpaired) electrons. The fraction of sp³-hybridized carbons (Fsp3) is 1.00. The number of rotatable bonds is 6. The average Bonchev–Trinajstić information content (AvgIpc) is 2.25. The van der Waals surface area contributed by atoms with Gasteiger partial charge >= 0.3 is 0 Å². The number of unbranched alkanes of at least 4 members (excludes halogenated alkanes) is 1. The Morgan fingerprint density at radius 2 is 2.12 bits per heavy atom. The minimum Gasteiger partial charge on any atom is -0.306 e. The van der Waals surface area contributed by atoms with Gasteiger partial charge in [-0.3, -0.25) is 0 Å². The molecule has 1 heterocycles. The van der Waals surface area contributed by atoms with Crippen LogP contribution in [0.15, 0.2) is 0 Å². The van der Waals surface area contributed by atoms with Crippen molar-refractivity contribution in [2.45, 2.75) is 32.6 Å². The van der Waals surface area contributed by atoms with E-state index in [9.17, 15) is 8.42 Å². The maximum absolute atomic E-state index is 11.5. The highest BCUT2D eigenvalue weighted by molar-refractivity contribution is 7.88. The summed E-state index contributed by atoms with van der Waals surface area (Å²) in [5, 5.41) is 0. The third kappa shape index (κ3) is 5.36. The maximum Gasteiger partial charge on any atom is 0.211 e. The van der Waals surface area contributed by atoms with E-state index < -0.39 is 10.0 Å². The van der Waals surface area contributed by atoms with Crippen LogP contribution in [0.1, 0.15) is 32.6 Å². The lowest BCUT2D eigenvalue weighted by Crippen LogP contribution is -2.42. The number of hydrogen-bond acceptors (Lipinski definition) is 3. The Hall–Kier alpha value is -0.130. The van der Waals surface area contributed by atoms with E-state index in [1.165, 1.54) is 19.1 Å². The Balaban J connectivity index is 2.39. The second kappa shape index (κ2) is 6.71. The van der Waals surface area contributed by atoms with Crippen molar-refractivity contribution in [1.82, 2.24) is 9.21 Å². The number of hydrogen-bond donors (Lipinski definition) is 0. The molecule has 5 heteroatoms. The zero-order chi connectivity index (χ0) is 12.9. The molecule has 1 unspecified atom stereocenters. The van der Waals surface area contributed by atoms with Crippen molar-refractivity contribution in [3.63, 3.8) is 0 Å². The van der Waals surface area contributed by atoms with Crippen molar-refractivity contribution in [3.05, 3.63) is 0 Å². The largest absolute Gasteiger partial charge is 0.306 e. The Labute approximate surface area is 106 Å². The molecule has 1 rings (SSSR count). The average molecular weight is 262 g/mol. The molecule has 0 spiro atoms. The zero-order valence-corrected chi connectivity index (χ0v) is 12.2. The van der Waals surface area contributed by atoms with E-state index in [0.29, 0.717) is 19.0 Å². The second-order valence-corrected chi connectivity index (χ2v) is 7.23. The van der Waals surface area contributed by atoms with Gasteiger partial charge in [-0.25, -0.2) is 12.7 Å². The SMILES string of the molecule is CCCCN(C)CC1CCCN(S(C)(=O)=O)C1. The summed E-state index contributed by atoms with van der Waals surface area (Å²) in [6, 6.07) is 0. The molecule has 1 aliphatic heterocycles. The van der Waals surface area contributed by atoms with E-state index >= 15 is 0 Å². The van der Waals surface area contributed by atoms with Gasteiger partial charge in [0.15, 0.2) is 0 Å². The summed E-state index contributed by atoms with van der Waals surface area (Å²) >= 11 is 0. The Morgan fingerprint density at radius 3 is 2.71 bits per heavy atom. The summed E-state index contributed by atoms with van der Waals surface area (Å²) in [5.41, 5.74) is 0. The number of sulfonamides is 1. The van der Waals surface area contributed by atoms with E-state index in [-0.39, 0.29) is 0 Å². The highest BCUT2D eigenvalue weighted by atomic mass is 32.2. The molecule has 0 aromatic carbocycles. The van der Waals surface area contributed by atoms with Gasteiger partial charge in [0.05, 0.1) is 6.26 Å². The number of piperidine rings is 1. The molecule has 4 nitrogen and oxygen atoms in total. The van der Waals surface area contributed by atoms with Crippen LogP contribution < -0.4 is 0 Å². The lowest BCUT2D eigenvalue weighted by atomic mass is 9.99. The minimum absolute atomic E-state index is 0.500. The minimum atomic E-state index is -3.00. The summed E-state index contributed by atoms with van der Waals surface area (Å²) in [6.45, 7) is 5.74. The van der Waals surface area contributed by atoms with Gasteiger partial charge in [-0.2, -0.15) is 0 Å². The first-order valence-corrected chi connectivity index (χ1v) is 8.42. The molecule has 1 atom stereocenters. The third-order valence-electron chi connectivity index (χ3n) is 3.41. The van der Waals surface area contributed by atoms with E-state index in [4.69, 9.17) is 0 Å². The molecule has 1 saturated heterocycles. The zero-order valence-electron chi connectivity index (χ0n) is 11.4. The van der Waals surface area contributed by atoms with Crippen LogP contribution in [0.4, 0.5) is 0 Å². The lowest BCUT2D eigenvalue weighted by molar-refractivity contribution is 0.199. The smallest absolute Gasteiger partial charge is 0.211 e. The van der Waals surface area contributed by atoms with E-state index in [0.717, 1.165) is 25.9 Å². The first-order valence-electron chi connectivity index (χ1n) is 6.57. The van der Waals surface area contributed by atoms with Crippen LogP contribution in [0.2, 0.25) is 0 Å². The van der Waals surface area contributed by atoms with E-state index in [1.807, 2.05) is 0 Å². The van der Waals surface area contributed by atoms with Crippen molar-refractivity contribution in [2.24, 2.45) is 5.92 Å². The van der Waals surface area contributed by atoms with Crippen LogP contribution in [-0.2, 0) is 10.0 Å². The van der Waals surface area contributed by atoms with Gasteiger partial charge < -0.3 is 4.90 Å². The number of nitrogens with zero attached hydrogens (tertiary/aromatic N) is 2. The van der Waals surface area contributed by atoms with Crippen molar-refractivity contribution >= 4 is 10.0 Å². The molecule has 0 aliphatic carbocycles. The molecule has 0 aromatic heterocycles. The first-order chi connectivity index (χ1) is 7.93. The predicted molar refractivity (Wildman–Crippen MR) is 71.5 cm³/mol. The fourth-order valence-corrected chi connectivity index (χ4v) is 3.38. The molecule has 0 bridgehead atoms. The van der Waals surface area contributed by atoms with Gasteiger partial charge in [0.2, 0.25) is 10.0 Å². The van der Waals surface area contributed by atoms with Crippen LogP contribution in [-0.4, -0.2) is 57.1 Å². The standard InChI is InChI=1S/C12H26N2O2S/c1-4-5-8-13(2)10-12-7-6-9-14(11-12)17(3,15)16/h12H,4-11H2,1-3H3. The van der Waals surface area contributed by atoms with Crippen molar-refractivity contribution in [2.75, 3.05) is 39.5 Å². The molecule has 0 saturated carbocycles. The summed E-state index contributed by atoms with van der Waals surface area (Å²) in [6.07, 6.45) is 5.90. The van der Waals surface area contributed by atoms with Crippen molar-refractivity contribution in [1.29, 1.82) is 0 Å². The van der Waals surface area contributed by atoms with Crippen molar-refractivity contribution in [3.8, 4) is 0 Å². The van der Waals surface area contributed by atoms with Gasteiger partial charge in [-0.05, 0) is 38.8 Å². The molecule has 102 valence electrons. The molecule has 1 aliphatic rings. The van der Waals surface area contributed by atoms with Crippen LogP contribution in [0.25, 0.3) is 0 Å². The van der Waals surface area contributed by atoms with Gasteiger partial charge in [-0.1, -0.05) is 13.3 Å². The predicted octanol–water partition coefficient (Wildman–Crippen LogP) is 1.39. The maximum atomic E-state index is 11.5. The van der Waals surface area contributed by atoms with Crippen LogP contribution >= 0.6 is 0 Å². The van der Waals surface area contributed by atoms with E-state index in [2.05, 4.69) is 18.9 Å². The van der Waals surface area contributed by atoms with E-state index in [1.54, 1.807) is 4.31 Å². The topological polar surface area (TPSA) is 40.6 Å². The lowest BCUT2D eigenvalue weighted by Gasteiger charge is -2.33. The monoisotopic (exact) mass is 262 g/mol. The summed E-state index contributed by atoms with van der Waals surface area (Å²) < 4.78 is 24.6. The Morgan fingerprint density at radius 1 is 1.41 bits per heavy atom. The Bertz CT molecular complexity index is 316. The van der Waals surface area contributed by atoms with Gasteiger partial charge in [0.25, 0.3) is 0 Å². The highest BCUT2D eigenvalue weighted by Crippen LogP contribution is 2.19. The van der Waals surface area contributed by atoms with Gasteiger partial charge in [0.1, 0.15) is 0 Å². The molecule has 0 N–H and O–H groups in total. The molecular formula is C12H26N2O2S. The molecule has 0 amide bonds. The van der Waals surface area contributed by atoms with Gasteiger partial charge in [0, 0.05) is 19.6 Å². The first kappa shape index (κ1) is 14.9. The van der Waals surface area contributed by atoms with Crippen LogP contribution in [0.3, 0.4) is 0 Å². The summed E-state index contributed by atoms with van der Waals surface area (Å²) in [5.74, 6) is 0.500. The second-order valence-electron chi connectivity index (χ2n) is 5.25. The van der Waals surface area contributed by atoms with Crippen LogP contribution in [0.5, 0.6) is 0 Å².